The third kappa shape index (κ3) is 2.93. The summed E-state index contributed by atoms with van der Waals surface area (Å²) in [6.07, 6.45) is 0.617. The molecule has 0 unspecified atom stereocenters. The van der Waals surface area contributed by atoms with E-state index in [-0.39, 0.29) is 17.5 Å². The number of likely N-dealkylation sites (tertiary alicyclic amines) is 1. The van der Waals surface area contributed by atoms with Gasteiger partial charge < -0.3 is 10.2 Å². The summed E-state index contributed by atoms with van der Waals surface area (Å²) in [4.78, 5) is 14.0. The van der Waals surface area contributed by atoms with Crippen molar-refractivity contribution in [3.63, 3.8) is 0 Å². The molecule has 0 bridgehead atoms. The molecule has 1 amide bonds. The van der Waals surface area contributed by atoms with Crippen LogP contribution in [0, 0.1) is 0 Å². The molecule has 3 nitrogen and oxygen atoms in total. The molecular formula is C14H22N2OS. The van der Waals surface area contributed by atoms with Gasteiger partial charge in [0.15, 0.2) is 0 Å². The van der Waals surface area contributed by atoms with Crippen LogP contribution in [0.15, 0.2) is 16.8 Å². The molecule has 2 atom stereocenters. The van der Waals surface area contributed by atoms with Crippen molar-refractivity contribution in [2.24, 2.45) is 0 Å². The van der Waals surface area contributed by atoms with Crippen molar-refractivity contribution in [2.75, 3.05) is 6.54 Å². The Hall–Kier alpha value is -0.870. The maximum atomic E-state index is 12.0. The Morgan fingerprint density at radius 2 is 2.22 bits per heavy atom. The van der Waals surface area contributed by atoms with E-state index in [0.717, 1.165) is 6.54 Å². The van der Waals surface area contributed by atoms with E-state index in [2.05, 4.69) is 49.8 Å². The molecule has 0 radical (unpaired) electrons. The van der Waals surface area contributed by atoms with Crippen LogP contribution in [-0.4, -0.2) is 28.9 Å². The third-order valence-electron chi connectivity index (χ3n) is 3.46. The Kier molecular flexibility index (Phi) is 3.78. The molecule has 0 spiro atoms. The highest BCUT2D eigenvalue weighted by atomic mass is 32.1. The Morgan fingerprint density at radius 3 is 2.72 bits per heavy atom. The number of nitrogens with zero attached hydrogens (tertiary/aromatic N) is 1. The SMILES string of the molecule is C[C@@H](N[C@@H]1CC(=O)N(C(C)(C)C)C1)c1ccsc1. The number of thiophene rings is 1. The van der Waals surface area contributed by atoms with E-state index in [9.17, 15) is 4.79 Å². The molecule has 0 saturated carbocycles. The van der Waals surface area contributed by atoms with Crippen molar-refractivity contribution < 1.29 is 4.79 Å². The largest absolute Gasteiger partial charge is 0.336 e. The van der Waals surface area contributed by atoms with Gasteiger partial charge in [-0.15, -0.1) is 0 Å². The van der Waals surface area contributed by atoms with Crippen molar-refractivity contribution in [2.45, 2.75) is 51.7 Å². The molecule has 100 valence electrons. The van der Waals surface area contributed by atoms with Gasteiger partial charge in [-0.2, -0.15) is 11.3 Å². The summed E-state index contributed by atoms with van der Waals surface area (Å²) in [5.74, 6) is 0.262. The van der Waals surface area contributed by atoms with Crippen molar-refractivity contribution in [1.82, 2.24) is 10.2 Å². The highest BCUT2D eigenvalue weighted by molar-refractivity contribution is 7.07. The highest BCUT2D eigenvalue weighted by Crippen LogP contribution is 2.24. The number of carbonyl (C=O) groups excluding carboxylic acids is 1. The number of amides is 1. The molecule has 1 aromatic rings. The van der Waals surface area contributed by atoms with Gasteiger partial charge in [-0.3, -0.25) is 4.79 Å². The molecule has 4 heteroatoms. The Labute approximate surface area is 113 Å². The molecule has 1 aliphatic rings. The maximum absolute atomic E-state index is 12.0. The summed E-state index contributed by atoms with van der Waals surface area (Å²) < 4.78 is 0. The topological polar surface area (TPSA) is 32.3 Å². The lowest BCUT2D eigenvalue weighted by atomic mass is 10.1. The summed E-state index contributed by atoms with van der Waals surface area (Å²) in [5.41, 5.74) is 1.24. The standard InChI is InChI=1S/C14H22N2OS/c1-10(11-5-6-18-9-11)15-12-7-13(17)16(8-12)14(2,3)4/h5-6,9-10,12,15H,7-8H2,1-4H3/t10-,12-/m1/s1. The van der Waals surface area contributed by atoms with Gasteiger partial charge >= 0.3 is 0 Å². The number of nitrogens with one attached hydrogen (secondary N) is 1. The zero-order chi connectivity index (χ0) is 13.3. The van der Waals surface area contributed by atoms with Gasteiger partial charge in [0.2, 0.25) is 5.91 Å². The molecule has 0 aliphatic carbocycles. The molecule has 1 saturated heterocycles. The van der Waals surface area contributed by atoms with Crippen LogP contribution in [0.2, 0.25) is 0 Å². The average molecular weight is 266 g/mol. The van der Waals surface area contributed by atoms with Gasteiger partial charge in [-0.1, -0.05) is 0 Å². The zero-order valence-corrected chi connectivity index (χ0v) is 12.4. The quantitative estimate of drug-likeness (QED) is 0.912. The molecule has 1 fully saturated rings. The lowest BCUT2D eigenvalue weighted by Crippen LogP contribution is -2.44. The van der Waals surface area contributed by atoms with Crippen molar-refractivity contribution >= 4 is 17.2 Å². The van der Waals surface area contributed by atoms with E-state index < -0.39 is 0 Å². The Morgan fingerprint density at radius 1 is 1.50 bits per heavy atom. The smallest absolute Gasteiger partial charge is 0.224 e. The van der Waals surface area contributed by atoms with Gasteiger partial charge in [0.1, 0.15) is 0 Å². The summed E-state index contributed by atoms with van der Waals surface area (Å²) >= 11 is 1.71. The van der Waals surface area contributed by atoms with Crippen LogP contribution in [0.4, 0.5) is 0 Å². The maximum Gasteiger partial charge on any atom is 0.224 e. The van der Waals surface area contributed by atoms with Gasteiger partial charge in [-0.05, 0) is 50.1 Å². The van der Waals surface area contributed by atoms with E-state index in [0.29, 0.717) is 12.5 Å². The molecule has 1 N–H and O–H groups in total. The van der Waals surface area contributed by atoms with Crippen molar-refractivity contribution in [1.29, 1.82) is 0 Å². The Balaban J connectivity index is 1.95. The molecule has 1 aromatic heterocycles. The first kappa shape index (κ1) is 13.6. The average Bonchev–Trinajstić information content (AvgIpc) is 2.85. The van der Waals surface area contributed by atoms with E-state index in [1.807, 2.05) is 4.90 Å². The Bertz CT molecular complexity index is 408. The summed E-state index contributed by atoms with van der Waals surface area (Å²) in [5, 5.41) is 7.81. The minimum Gasteiger partial charge on any atom is -0.336 e. The predicted octanol–water partition coefficient (Wildman–Crippen LogP) is 2.80. The molecule has 0 aromatic carbocycles. The van der Waals surface area contributed by atoms with Crippen LogP contribution in [0.3, 0.4) is 0 Å². The van der Waals surface area contributed by atoms with E-state index in [1.165, 1.54) is 5.56 Å². The summed E-state index contributed by atoms with van der Waals surface area (Å²) in [6.45, 7) is 9.25. The first-order chi connectivity index (χ1) is 8.38. The van der Waals surface area contributed by atoms with Crippen LogP contribution in [0.1, 0.15) is 45.7 Å². The van der Waals surface area contributed by atoms with E-state index in [1.54, 1.807) is 11.3 Å². The first-order valence-electron chi connectivity index (χ1n) is 6.46. The lowest BCUT2D eigenvalue weighted by molar-refractivity contribution is -0.131. The van der Waals surface area contributed by atoms with Crippen LogP contribution >= 0.6 is 11.3 Å². The second-order valence-electron chi connectivity index (χ2n) is 6.02. The van der Waals surface area contributed by atoms with Crippen molar-refractivity contribution in [3.05, 3.63) is 22.4 Å². The predicted molar refractivity (Wildman–Crippen MR) is 75.7 cm³/mol. The summed E-state index contributed by atoms with van der Waals surface area (Å²) in [6, 6.07) is 2.72. The molecule has 1 aliphatic heterocycles. The van der Waals surface area contributed by atoms with Gasteiger partial charge in [0.25, 0.3) is 0 Å². The normalized spacial score (nSPS) is 22.6. The number of rotatable bonds is 3. The second-order valence-corrected chi connectivity index (χ2v) is 6.80. The number of hydrogen-bond donors (Lipinski definition) is 1. The summed E-state index contributed by atoms with van der Waals surface area (Å²) in [7, 11) is 0. The van der Waals surface area contributed by atoms with E-state index in [4.69, 9.17) is 0 Å². The second kappa shape index (κ2) is 5.02. The fourth-order valence-corrected chi connectivity index (χ4v) is 3.19. The fraction of sp³-hybridized carbons (Fsp3) is 0.643. The third-order valence-corrected chi connectivity index (χ3v) is 4.17. The minimum atomic E-state index is -0.0703. The van der Waals surface area contributed by atoms with Crippen LogP contribution in [0.25, 0.3) is 0 Å². The fourth-order valence-electron chi connectivity index (χ4n) is 2.44. The van der Waals surface area contributed by atoms with Gasteiger partial charge in [0.05, 0.1) is 0 Å². The van der Waals surface area contributed by atoms with Crippen molar-refractivity contribution in [3.8, 4) is 0 Å². The van der Waals surface area contributed by atoms with Crippen LogP contribution < -0.4 is 5.32 Å². The van der Waals surface area contributed by atoms with E-state index >= 15 is 0 Å². The monoisotopic (exact) mass is 266 g/mol. The molecular weight excluding hydrogens is 244 g/mol. The molecule has 2 rings (SSSR count). The van der Waals surface area contributed by atoms with Gasteiger partial charge in [-0.25, -0.2) is 0 Å². The first-order valence-corrected chi connectivity index (χ1v) is 7.41. The lowest BCUT2D eigenvalue weighted by Gasteiger charge is -2.32. The number of carbonyl (C=O) groups is 1. The molecule has 2 heterocycles. The van der Waals surface area contributed by atoms with Crippen LogP contribution in [0.5, 0.6) is 0 Å². The minimum absolute atomic E-state index is 0.0703. The zero-order valence-electron chi connectivity index (χ0n) is 11.6. The molecule has 18 heavy (non-hydrogen) atoms. The van der Waals surface area contributed by atoms with Gasteiger partial charge in [0, 0.05) is 30.6 Å². The highest BCUT2D eigenvalue weighted by Gasteiger charge is 2.36. The van der Waals surface area contributed by atoms with Crippen LogP contribution in [-0.2, 0) is 4.79 Å². The number of hydrogen-bond acceptors (Lipinski definition) is 3.